The molecule has 3 heterocycles. The highest BCUT2D eigenvalue weighted by atomic mass is 32.2. The zero-order valence-electron chi connectivity index (χ0n) is 13.5. The lowest BCUT2D eigenvalue weighted by atomic mass is 10.2. The Bertz CT molecular complexity index is 820. The van der Waals surface area contributed by atoms with Gasteiger partial charge in [-0.3, -0.25) is 0 Å². The second-order valence-electron chi connectivity index (χ2n) is 6.36. The summed E-state index contributed by atoms with van der Waals surface area (Å²) in [5.74, 6) is 1.40. The predicted octanol–water partition coefficient (Wildman–Crippen LogP) is 0.598. The van der Waals surface area contributed by atoms with Crippen LogP contribution in [0.2, 0.25) is 0 Å². The minimum atomic E-state index is -3.52. The van der Waals surface area contributed by atoms with Crippen molar-refractivity contribution in [3.05, 3.63) is 30.4 Å². The average Bonchev–Trinajstić information content (AvgIpc) is 3.36. The lowest BCUT2D eigenvalue weighted by Crippen LogP contribution is -2.49. The first kappa shape index (κ1) is 15.5. The molecule has 2 aromatic rings. The number of sulfonamides is 1. The highest BCUT2D eigenvalue weighted by Gasteiger charge is 2.31. The van der Waals surface area contributed by atoms with Crippen LogP contribution in [0, 0.1) is 0 Å². The van der Waals surface area contributed by atoms with Crippen molar-refractivity contribution in [2.45, 2.75) is 23.8 Å². The summed E-state index contributed by atoms with van der Waals surface area (Å²) in [4.78, 5) is 6.05. The normalized spacial score (nSPS) is 19.6. The van der Waals surface area contributed by atoms with Gasteiger partial charge in [0.05, 0.1) is 12.0 Å². The van der Waals surface area contributed by atoms with Crippen LogP contribution in [-0.4, -0.2) is 58.7 Å². The van der Waals surface area contributed by atoms with E-state index in [1.807, 2.05) is 12.1 Å². The number of hydrogen-bond acceptors (Lipinski definition) is 6. The maximum atomic E-state index is 12.6. The van der Waals surface area contributed by atoms with Crippen molar-refractivity contribution in [2.75, 3.05) is 31.1 Å². The summed E-state index contributed by atoms with van der Waals surface area (Å²) >= 11 is 0. The minimum absolute atomic E-state index is 0.104. The number of piperazine rings is 1. The Hall–Kier alpha value is -2.00. The van der Waals surface area contributed by atoms with E-state index in [4.69, 9.17) is 0 Å². The van der Waals surface area contributed by atoms with E-state index in [1.165, 1.54) is 29.7 Å². The molecule has 0 aromatic carbocycles. The summed E-state index contributed by atoms with van der Waals surface area (Å²) in [7, 11) is -1.76. The topological polar surface area (TPSA) is 84.2 Å². The van der Waals surface area contributed by atoms with E-state index < -0.39 is 10.0 Å². The Morgan fingerprint density at radius 2 is 1.83 bits per heavy atom. The van der Waals surface area contributed by atoms with E-state index >= 15 is 0 Å². The van der Waals surface area contributed by atoms with Crippen LogP contribution in [0.5, 0.6) is 0 Å². The Balaban J connectivity index is 1.42. The standard InChI is InChI=1S/C15H20N6O2S/c1-19-10-15(16-11-19)24(22,23)21-8-6-20(7-9-21)14-5-4-13(17-18-14)12-2-3-12/h4-5,10-12H,2-3,6-9H2,1H3. The van der Waals surface area contributed by atoms with E-state index in [0.29, 0.717) is 32.1 Å². The monoisotopic (exact) mass is 348 g/mol. The molecule has 0 atom stereocenters. The Labute approximate surface area is 141 Å². The van der Waals surface area contributed by atoms with Crippen molar-refractivity contribution in [1.29, 1.82) is 0 Å². The van der Waals surface area contributed by atoms with Gasteiger partial charge in [-0.1, -0.05) is 0 Å². The molecule has 9 heteroatoms. The van der Waals surface area contributed by atoms with Gasteiger partial charge in [0, 0.05) is 45.3 Å². The molecule has 4 rings (SSSR count). The maximum Gasteiger partial charge on any atom is 0.262 e. The third kappa shape index (κ3) is 2.89. The third-order valence-corrected chi connectivity index (χ3v) is 6.30. The van der Waals surface area contributed by atoms with Crippen LogP contribution in [0.15, 0.2) is 29.7 Å². The van der Waals surface area contributed by atoms with Gasteiger partial charge in [0.25, 0.3) is 10.0 Å². The second-order valence-corrected chi connectivity index (χ2v) is 8.24. The van der Waals surface area contributed by atoms with E-state index in [0.717, 1.165) is 11.5 Å². The number of nitrogens with zero attached hydrogens (tertiary/aromatic N) is 6. The van der Waals surface area contributed by atoms with Gasteiger partial charge < -0.3 is 9.47 Å². The summed E-state index contributed by atoms with van der Waals surface area (Å²) in [6, 6.07) is 4.03. The highest BCUT2D eigenvalue weighted by Crippen LogP contribution is 2.38. The smallest absolute Gasteiger partial charge is 0.262 e. The lowest BCUT2D eigenvalue weighted by Gasteiger charge is -2.33. The number of rotatable bonds is 4. The van der Waals surface area contributed by atoms with Gasteiger partial charge in [-0.15, -0.1) is 5.10 Å². The molecule has 2 aliphatic rings. The molecule has 2 fully saturated rings. The summed E-state index contributed by atoms with van der Waals surface area (Å²) in [5, 5.41) is 8.71. The fourth-order valence-corrected chi connectivity index (χ4v) is 4.30. The highest BCUT2D eigenvalue weighted by molar-refractivity contribution is 7.89. The van der Waals surface area contributed by atoms with Crippen LogP contribution in [0.1, 0.15) is 24.5 Å². The van der Waals surface area contributed by atoms with Gasteiger partial charge in [-0.2, -0.15) is 9.40 Å². The summed E-state index contributed by atoms with van der Waals surface area (Å²) in [6.45, 7) is 2.04. The Morgan fingerprint density at radius 1 is 1.08 bits per heavy atom. The second kappa shape index (κ2) is 5.82. The van der Waals surface area contributed by atoms with Crippen LogP contribution >= 0.6 is 0 Å². The van der Waals surface area contributed by atoms with E-state index in [9.17, 15) is 8.42 Å². The van der Waals surface area contributed by atoms with Crippen molar-refractivity contribution >= 4 is 15.8 Å². The molecule has 0 N–H and O–H groups in total. The number of aryl methyl sites for hydroxylation is 1. The summed E-state index contributed by atoms with van der Waals surface area (Å²) in [5.41, 5.74) is 1.06. The summed E-state index contributed by atoms with van der Waals surface area (Å²) in [6.07, 6.45) is 5.44. The quantitative estimate of drug-likeness (QED) is 0.804. The molecule has 1 aliphatic heterocycles. The van der Waals surface area contributed by atoms with Gasteiger partial charge in [-0.25, -0.2) is 13.4 Å². The number of hydrogen-bond donors (Lipinski definition) is 0. The van der Waals surface area contributed by atoms with E-state index in [2.05, 4.69) is 20.1 Å². The molecule has 0 amide bonds. The van der Waals surface area contributed by atoms with E-state index in [1.54, 1.807) is 11.6 Å². The first-order valence-corrected chi connectivity index (χ1v) is 9.55. The van der Waals surface area contributed by atoms with Crippen molar-refractivity contribution in [3.63, 3.8) is 0 Å². The molecule has 2 aromatic heterocycles. The van der Waals surface area contributed by atoms with Crippen LogP contribution in [0.25, 0.3) is 0 Å². The molecule has 0 bridgehead atoms. The zero-order valence-corrected chi connectivity index (χ0v) is 14.4. The minimum Gasteiger partial charge on any atom is -0.352 e. The molecule has 0 spiro atoms. The lowest BCUT2D eigenvalue weighted by molar-refractivity contribution is 0.382. The van der Waals surface area contributed by atoms with Crippen LogP contribution in [0.3, 0.4) is 0 Å². The predicted molar refractivity (Wildman–Crippen MR) is 88.2 cm³/mol. The molecule has 0 radical (unpaired) electrons. The van der Waals surface area contributed by atoms with Crippen LogP contribution < -0.4 is 4.90 Å². The Kier molecular flexibility index (Phi) is 3.76. The molecule has 1 saturated heterocycles. The van der Waals surface area contributed by atoms with E-state index in [-0.39, 0.29) is 5.03 Å². The van der Waals surface area contributed by atoms with Crippen molar-refractivity contribution in [3.8, 4) is 0 Å². The van der Waals surface area contributed by atoms with Gasteiger partial charge >= 0.3 is 0 Å². The largest absolute Gasteiger partial charge is 0.352 e. The van der Waals surface area contributed by atoms with Gasteiger partial charge in [0.2, 0.25) is 0 Å². The molecule has 1 saturated carbocycles. The number of imidazole rings is 1. The number of anilines is 1. The molecule has 8 nitrogen and oxygen atoms in total. The zero-order chi connectivity index (χ0) is 16.7. The van der Waals surface area contributed by atoms with Crippen LogP contribution in [0.4, 0.5) is 5.82 Å². The molecule has 1 aliphatic carbocycles. The van der Waals surface area contributed by atoms with Gasteiger partial charge in [0.1, 0.15) is 0 Å². The molecule has 24 heavy (non-hydrogen) atoms. The molecular weight excluding hydrogens is 328 g/mol. The summed E-state index contributed by atoms with van der Waals surface area (Å²) < 4.78 is 28.3. The van der Waals surface area contributed by atoms with Gasteiger partial charge in [0.15, 0.2) is 10.8 Å². The molecule has 128 valence electrons. The van der Waals surface area contributed by atoms with Crippen molar-refractivity contribution < 1.29 is 8.42 Å². The molecule has 0 unspecified atom stereocenters. The SMILES string of the molecule is Cn1cnc(S(=O)(=O)N2CCN(c3ccc(C4CC4)nn3)CC2)c1. The van der Waals surface area contributed by atoms with Crippen molar-refractivity contribution in [2.24, 2.45) is 7.05 Å². The van der Waals surface area contributed by atoms with Crippen molar-refractivity contribution in [1.82, 2.24) is 24.1 Å². The average molecular weight is 348 g/mol. The molecular formula is C15H20N6O2S. The fourth-order valence-electron chi connectivity index (χ4n) is 2.91. The first-order valence-electron chi connectivity index (χ1n) is 8.11. The third-order valence-electron chi connectivity index (χ3n) is 4.51. The fraction of sp³-hybridized carbons (Fsp3) is 0.533. The number of aromatic nitrogens is 4. The van der Waals surface area contributed by atoms with Gasteiger partial charge in [-0.05, 0) is 25.0 Å². The van der Waals surface area contributed by atoms with Crippen LogP contribution in [-0.2, 0) is 17.1 Å². The Morgan fingerprint density at radius 3 is 2.38 bits per heavy atom. The first-order chi connectivity index (χ1) is 11.5. The maximum absolute atomic E-state index is 12.6.